The summed E-state index contributed by atoms with van der Waals surface area (Å²) in [6.07, 6.45) is 4.20. The highest BCUT2D eigenvalue weighted by atomic mass is 32.2. The Labute approximate surface area is 91.1 Å². The molecule has 1 saturated carbocycles. The van der Waals surface area contributed by atoms with E-state index in [1.54, 1.807) is 0 Å². The van der Waals surface area contributed by atoms with Crippen molar-refractivity contribution in [1.82, 2.24) is 4.90 Å². The van der Waals surface area contributed by atoms with Gasteiger partial charge in [0.2, 0.25) is 0 Å². The van der Waals surface area contributed by atoms with Gasteiger partial charge in [0.25, 0.3) is 0 Å². The highest BCUT2D eigenvalue weighted by Gasteiger charge is 2.42. The molecule has 13 heavy (non-hydrogen) atoms. The van der Waals surface area contributed by atoms with Gasteiger partial charge in [-0.3, -0.25) is 0 Å². The van der Waals surface area contributed by atoms with Gasteiger partial charge >= 0.3 is 0 Å². The minimum Gasteiger partial charge on any atom is -0.302 e. The summed E-state index contributed by atoms with van der Waals surface area (Å²) in [5, 5.41) is 0. The fraction of sp³-hybridized carbons (Fsp3) is 1.00. The third-order valence-corrected chi connectivity index (χ3v) is 5.22. The van der Waals surface area contributed by atoms with Gasteiger partial charge in [-0.25, -0.2) is 0 Å². The van der Waals surface area contributed by atoms with Crippen LogP contribution in [0.5, 0.6) is 0 Å². The molecule has 2 aliphatic rings. The van der Waals surface area contributed by atoms with Gasteiger partial charge in [0.1, 0.15) is 0 Å². The van der Waals surface area contributed by atoms with E-state index in [0.717, 1.165) is 11.8 Å². The van der Waals surface area contributed by atoms with Crippen LogP contribution in [0.15, 0.2) is 0 Å². The summed E-state index contributed by atoms with van der Waals surface area (Å²) in [6.45, 7) is 1.28. The molecule has 0 aromatic rings. The second-order valence-electron chi connectivity index (χ2n) is 4.59. The molecule has 0 spiro atoms. The minimum absolute atomic E-state index is 0.602. The number of hydrogen-bond acceptors (Lipinski definition) is 3. The topological polar surface area (TPSA) is 3.24 Å². The van der Waals surface area contributed by atoms with Gasteiger partial charge in [-0.2, -0.15) is 24.4 Å². The molecule has 3 heteroatoms. The standard InChI is InChI=1S/C10H19NS2/c1-11(9-2-5-13-6-9)7-10(8-12)3-4-10/h9,12H,2-8H2,1H3. The Kier molecular flexibility index (Phi) is 3.16. The summed E-state index contributed by atoms with van der Waals surface area (Å²) in [5.41, 5.74) is 0.602. The molecule has 1 nitrogen and oxygen atoms in total. The fourth-order valence-electron chi connectivity index (χ4n) is 2.07. The zero-order valence-electron chi connectivity index (χ0n) is 8.33. The van der Waals surface area contributed by atoms with Crippen molar-refractivity contribution >= 4 is 24.4 Å². The van der Waals surface area contributed by atoms with Crippen LogP contribution >= 0.6 is 24.4 Å². The second kappa shape index (κ2) is 4.03. The molecule has 76 valence electrons. The van der Waals surface area contributed by atoms with E-state index in [2.05, 4.69) is 36.3 Å². The van der Waals surface area contributed by atoms with E-state index in [1.807, 2.05) is 0 Å². The molecular weight excluding hydrogens is 198 g/mol. The zero-order valence-corrected chi connectivity index (χ0v) is 10.0. The van der Waals surface area contributed by atoms with Crippen molar-refractivity contribution < 1.29 is 0 Å². The van der Waals surface area contributed by atoms with Crippen molar-refractivity contribution in [2.24, 2.45) is 5.41 Å². The van der Waals surface area contributed by atoms with Crippen molar-refractivity contribution in [1.29, 1.82) is 0 Å². The average molecular weight is 217 g/mol. The Morgan fingerprint density at radius 1 is 1.54 bits per heavy atom. The van der Waals surface area contributed by atoms with E-state index in [4.69, 9.17) is 0 Å². The van der Waals surface area contributed by atoms with Gasteiger partial charge in [0, 0.05) is 18.3 Å². The molecule has 1 aliphatic heterocycles. The lowest BCUT2D eigenvalue weighted by Gasteiger charge is -2.27. The maximum absolute atomic E-state index is 4.45. The average Bonchev–Trinajstić information content (AvgIpc) is 2.69. The summed E-state index contributed by atoms with van der Waals surface area (Å²) in [5.74, 6) is 3.79. The van der Waals surface area contributed by atoms with E-state index in [-0.39, 0.29) is 0 Å². The number of rotatable bonds is 4. The van der Waals surface area contributed by atoms with E-state index in [1.165, 1.54) is 37.3 Å². The smallest absolute Gasteiger partial charge is 0.0191 e. The van der Waals surface area contributed by atoms with Crippen LogP contribution in [0.4, 0.5) is 0 Å². The molecule has 0 aromatic heterocycles. The third-order valence-electron chi connectivity index (χ3n) is 3.41. The first-order valence-corrected chi connectivity index (χ1v) is 6.93. The van der Waals surface area contributed by atoms with Crippen molar-refractivity contribution in [3.05, 3.63) is 0 Å². The maximum Gasteiger partial charge on any atom is 0.0191 e. The summed E-state index contributed by atoms with van der Waals surface area (Å²) in [6, 6.07) is 0.849. The number of thioether (sulfide) groups is 1. The molecule has 1 saturated heterocycles. The molecule has 1 atom stereocenters. The molecule has 0 N–H and O–H groups in total. The minimum atomic E-state index is 0.602. The molecule has 1 heterocycles. The van der Waals surface area contributed by atoms with Crippen LogP contribution in [-0.4, -0.2) is 41.8 Å². The van der Waals surface area contributed by atoms with Gasteiger partial charge < -0.3 is 4.90 Å². The van der Waals surface area contributed by atoms with Gasteiger partial charge in [-0.15, -0.1) is 0 Å². The molecule has 0 bridgehead atoms. The lowest BCUT2D eigenvalue weighted by atomic mass is 10.1. The molecule has 0 aromatic carbocycles. The Bertz CT molecular complexity index is 174. The number of thiol groups is 1. The molecule has 1 unspecified atom stereocenters. The number of nitrogens with zero attached hydrogens (tertiary/aromatic N) is 1. The van der Waals surface area contributed by atoms with Crippen LogP contribution in [0.1, 0.15) is 19.3 Å². The van der Waals surface area contributed by atoms with Crippen LogP contribution in [0.3, 0.4) is 0 Å². The van der Waals surface area contributed by atoms with E-state index < -0.39 is 0 Å². The molecule has 2 rings (SSSR count). The normalized spacial score (nSPS) is 31.2. The van der Waals surface area contributed by atoms with Crippen LogP contribution in [0, 0.1) is 5.41 Å². The highest BCUT2D eigenvalue weighted by Crippen LogP contribution is 2.47. The summed E-state index contributed by atoms with van der Waals surface area (Å²) < 4.78 is 0. The summed E-state index contributed by atoms with van der Waals surface area (Å²) in [4.78, 5) is 2.57. The molecule has 0 radical (unpaired) electrons. The largest absolute Gasteiger partial charge is 0.302 e. The van der Waals surface area contributed by atoms with Gasteiger partial charge in [-0.05, 0) is 43.2 Å². The first-order valence-electron chi connectivity index (χ1n) is 5.15. The van der Waals surface area contributed by atoms with Crippen molar-refractivity contribution in [3.8, 4) is 0 Å². The first kappa shape index (κ1) is 10.2. The molecule has 2 fully saturated rings. The zero-order chi connectivity index (χ0) is 9.31. The van der Waals surface area contributed by atoms with Gasteiger partial charge in [0.15, 0.2) is 0 Å². The Hall–Kier alpha value is 0.660. The van der Waals surface area contributed by atoms with Crippen molar-refractivity contribution in [2.45, 2.75) is 25.3 Å². The van der Waals surface area contributed by atoms with Crippen LogP contribution in [0.2, 0.25) is 0 Å². The Morgan fingerprint density at radius 3 is 2.77 bits per heavy atom. The summed E-state index contributed by atoms with van der Waals surface area (Å²) in [7, 11) is 2.29. The molecular formula is C10H19NS2. The Morgan fingerprint density at radius 2 is 2.31 bits per heavy atom. The van der Waals surface area contributed by atoms with Crippen LogP contribution in [0.25, 0.3) is 0 Å². The fourth-order valence-corrected chi connectivity index (χ4v) is 3.79. The van der Waals surface area contributed by atoms with Crippen molar-refractivity contribution in [2.75, 3.05) is 30.9 Å². The quantitative estimate of drug-likeness (QED) is 0.719. The highest BCUT2D eigenvalue weighted by molar-refractivity contribution is 7.99. The van der Waals surface area contributed by atoms with Gasteiger partial charge in [-0.1, -0.05) is 0 Å². The lowest BCUT2D eigenvalue weighted by Crippen LogP contribution is -2.36. The van der Waals surface area contributed by atoms with Crippen LogP contribution < -0.4 is 0 Å². The van der Waals surface area contributed by atoms with E-state index >= 15 is 0 Å². The molecule has 1 aliphatic carbocycles. The maximum atomic E-state index is 4.45. The Balaban J connectivity index is 1.80. The predicted molar refractivity (Wildman–Crippen MR) is 63.9 cm³/mol. The second-order valence-corrected chi connectivity index (χ2v) is 6.06. The van der Waals surface area contributed by atoms with Crippen molar-refractivity contribution in [3.63, 3.8) is 0 Å². The SMILES string of the molecule is CN(CC1(CS)CC1)C1CCSC1. The lowest BCUT2D eigenvalue weighted by molar-refractivity contribution is 0.221. The van der Waals surface area contributed by atoms with Gasteiger partial charge in [0.05, 0.1) is 0 Å². The van der Waals surface area contributed by atoms with E-state index in [9.17, 15) is 0 Å². The number of hydrogen-bond donors (Lipinski definition) is 1. The van der Waals surface area contributed by atoms with E-state index in [0.29, 0.717) is 5.41 Å². The first-order chi connectivity index (χ1) is 6.26. The third kappa shape index (κ3) is 2.37. The molecule has 0 amide bonds. The van der Waals surface area contributed by atoms with Crippen LogP contribution in [-0.2, 0) is 0 Å². The monoisotopic (exact) mass is 217 g/mol. The summed E-state index contributed by atoms with van der Waals surface area (Å²) >= 11 is 6.55. The predicted octanol–water partition coefficient (Wildman–Crippen LogP) is 2.13.